The molecule has 0 radical (unpaired) electrons. The summed E-state index contributed by atoms with van der Waals surface area (Å²) >= 11 is 0. The molecule has 0 fully saturated rings. The highest BCUT2D eigenvalue weighted by Crippen LogP contribution is 2.14. The van der Waals surface area contributed by atoms with Gasteiger partial charge in [0.05, 0.1) is 6.42 Å². The van der Waals surface area contributed by atoms with E-state index in [0.717, 1.165) is 18.4 Å². The van der Waals surface area contributed by atoms with Crippen molar-refractivity contribution in [1.29, 1.82) is 0 Å². The second kappa shape index (κ2) is 6.92. The van der Waals surface area contributed by atoms with Crippen molar-refractivity contribution in [3.8, 4) is 0 Å². The molecule has 0 saturated carbocycles. The number of hydrogen-bond donors (Lipinski definition) is 2. The highest BCUT2D eigenvalue weighted by molar-refractivity contribution is 5.87. The monoisotopic (exact) mass is 263 g/mol. The predicted octanol–water partition coefficient (Wildman–Crippen LogP) is 2.38. The van der Waals surface area contributed by atoms with E-state index in [-0.39, 0.29) is 12.3 Å². The third kappa shape index (κ3) is 4.73. The van der Waals surface area contributed by atoms with E-state index in [0.29, 0.717) is 6.42 Å². The van der Waals surface area contributed by atoms with Gasteiger partial charge in [0.2, 0.25) is 5.91 Å². The van der Waals surface area contributed by atoms with Gasteiger partial charge in [0.15, 0.2) is 0 Å². The van der Waals surface area contributed by atoms with Gasteiger partial charge in [0.1, 0.15) is 5.54 Å². The third-order valence-electron chi connectivity index (χ3n) is 3.13. The zero-order chi connectivity index (χ0) is 14.3. The molecule has 1 amide bonds. The number of benzene rings is 1. The van der Waals surface area contributed by atoms with Crippen LogP contribution < -0.4 is 5.32 Å². The molecule has 1 aromatic carbocycles. The van der Waals surface area contributed by atoms with E-state index in [2.05, 4.69) is 5.32 Å². The summed E-state index contributed by atoms with van der Waals surface area (Å²) in [4.78, 5) is 23.2. The summed E-state index contributed by atoms with van der Waals surface area (Å²) in [6.07, 6.45) is 2.32. The molecular weight excluding hydrogens is 242 g/mol. The number of unbranched alkanes of at least 4 members (excludes halogenated alkanes) is 1. The van der Waals surface area contributed by atoms with Crippen molar-refractivity contribution in [2.45, 2.75) is 45.1 Å². The van der Waals surface area contributed by atoms with Crippen molar-refractivity contribution in [2.24, 2.45) is 0 Å². The highest BCUT2D eigenvalue weighted by Gasteiger charge is 2.33. The molecule has 0 bridgehead atoms. The lowest BCUT2D eigenvalue weighted by Crippen LogP contribution is -2.52. The summed E-state index contributed by atoms with van der Waals surface area (Å²) in [6.45, 7) is 3.56. The van der Waals surface area contributed by atoms with Gasteiger partial charge in [-0.3, -0.25) is 4.79 Å². The number of amides is 1. The normalized spacial score (nSPS) is 13.6. The molecule has 0 aliphatic rings. The van der Waals surface area contributed by atoms with Crippen molar-refractivity contribution in [3.05, 3.63) is 35.9 Å². The minimum absolute atomic E-state index is 0.204. The summed E-state index contributed by atoms with van der Waals surface area (Å²) in [5.41, 5.74) is -0.301. The maximum Gasteiger partial charge on any atom is 0.329 e. The van der Waals surface area contributed by atoms with E-state index in [4.69, 9.17) is 0 Å². The van der Waals surface area contributed by atoms with Gasteiger partial charge in [-0.25, -0.2) is 4.79 Å². The summed E-state index contributed by atoms with van der Waals surface area (Å²) < 4.78 is 0. The van der Waals surface area contributed by atoms with Crippen molar-refractivity contribution < 1.29 is 14.7 Å². The van der Waals surface area contributed by atoms with Crippen molar-refractivity contribution in [3.63, 3.8) is 0 Å². The molecular formula is C15H21NO3. The Kier molecular flexibility index (Phi) is 5.55. The Balaban J connectivity index is 2.64. The van der Waals surface area contributed by atoms with Crippen LogP contribution in [0.5, 0.6) is 0 Å². The fourth-order valence-electron chi connectivity index (χ4n) is 1.89. The molecule has 1 aromatic rings. The Morgan fingerprint density at radius 3 is 2.42 bits per heavy atom. The molecule has 0 saturated heterocycles. The molecule has 0 unspecified atom stereocenters. The number of carbonyl (C=O) groups is 2. The maximum atomic E-state index is 11.9. The number of carboxylic acids is 1. The Morgan fingerprint density at radius 2 is 1.89 bits per heavy atom. The van der Waals surface area contributed by atoms with Gasteiger partial charge >= 0.3 is 5.97 Å². The molecule has 4 heteroatoms. The number of aliphatic carboxylic acids is 1. The number of hydrogen-bond acceptors (Lipinski definition) is 2. The van der Waals surface area contributed by atoms with Crippen LogP contribution in [0.2, 0.25) is 0 Å². The minimum atomic E-state index is -1.18. The molecule has 104 valence electrons. The fourth-order valence-corrected chi connectivity index (χ4v) is 1.89. The number of carbonyl (C=O) groups excluding carboxylic acids is 1. The average Bonchev–Trinajstić information content (AvgIpc) is 2.37. The number of carboxylic acid groups (broad SMARTS) is 1. The molecule has 19 heavy (non-hydrogen) atoms. The topological polar surface area (TPSA) is 66.4 Å². The molecule has 1 atom stereocenters. The molecule has 0 spiro atoms. The van der Waals surface area contributed by atoms with Gasteiger partial charge in [0, 0.05) is 0 Å². The van der Waals surface area contributed by atoms with Crippen LogP contribution in [0.3, 0.4) is 0 Å². The van der Waals surface area contributed by atoms with Crippen molar-refractivity contribution in [2.75, 3.05) is 0 Å². The third-order valence-corrected chi connectivity index (χ3v) is 3.13. The van der Waals surface area contributed by atoms with E-state index in [1.807, 2.05) is 37.3 Å². The van der Waals surface area contributed by atoms with Crippen molar-refractivity contribution >= 4 is 11.9 Å². The second-order valence-corrected chi connectivity index (χ2v) is 4.95. The first-order chi connectivity index (χ1) is 8.98. The first-order valence-corrected chi connectivity index (χ1v) is 6.56. The van der Waals surface area contributed by atoms with Crippen LogP contribution in [0.1, 0.15) is 38.7 Å². The first-order valence-electron chi connectivity index (χ1n) is 6.56. The van der Waals surface area contributed by atoms with Crippen LogP contribution >= 0.6 is 0 Å². The first kappa shape index (κ1) is 15.2. The zero-order valence-corrected chi connectivity index (χ0v) is 11.5. The predicted molar refractivity (Wildman–Crippen MR) is 73.9 cm³/mol. The van der Waals surface area contributed by atoms with E-state index >= 15 is 0 Å². The van der Waals surface area contributed by atoms with E-state index in [1.54, 1.807) is 6.92 Å². The van der Waals surface area contributed by atoms with E-state index < -0.39 is 11.5 Å². The second-order valence-electron chi connectivity index (χ2n) is 4.95. The largest absolute Gasteiger partial charge is 0.480 e. The lowest BCUT2D eigenvalue weighted by Gasteiger charge is -2.26. The maximum absolute atomic E-state index is 11.9. The van der Waals surface area contributed by atoms with E-state index in [1.165, 1.54) is 0 Å². The molecule has 0 aliphatic carbocycles. The summed E-state index contributed by atoms with van der Waals surface area (Å²) in [5.74, 6) is -1.24. The van der Waals surface area contributed by atoms with Crippen LogP contribution in [0.25, 0.3) is 0 Å². The van der Waals surface area contributed by atoms with Crippen molar-refractivity contribution in [1.82, 2.24) is 5.32 Å². The van der Waals surface area contributed by atoms with Crippen LogP contribution in [0.15, 0.2) is 30.3 Å². The van der Waals surface area contributed by atoms with Crippen LogP contribution in [-0.4, -0.2) is 22.5 Å². The SMILES string of the molecule is CCCC[C@](C)(NC(=O)Cc1ccccc1)C(=O)O. The standard InChI is InChI=1S/C15H21NO3/c1-3-4-10-15(2,14(18)19)16-13(17)11-12-8-6-5-7-9-12/h5-9H,3-4,10-11H2,1-2H3,(H,16,17)(H,18,19)/t15-/m0/s1. The Morgan fingerprint density at radius 1 is 1.26 bits per heavy atom. The van der Waals surface area contributed by atoms with Crippen LogP contribution in [0, 0.1) is 0 Å². The van der Waals surface area contributed by atoms with Gasteiger partial charge in [-0.15, -0.1) is 0 Å². The highest BCUT2D eigenvalue weighted by atomic mass is 16.4. The van der Waals surface area contributed by atoms with Gasteiger partial charge in [-0.2, -0.15) is 0 Å². The molecule has 0 aliphatic heterocycles. The Labute approximate surface area is 113 Å². The number of nitrogens with one attached hydrogen (secondary N) is 1. The molecule has 2 N–H and O–H groups in total. The molecule has 0 aromatic heterocycles. The van der Waals surface area contributed by atoms with Gasteiger partial charge in [0.25, 0.3) is 0 Å². The van der Waals surface area contributed by atoms with Gasteiger partial charge < -0.3 is 10.4 Å². The van der Waals surface area contributed by atoms with Crippen LogP contribution in [0.4, 0.5) is 0 Å². The molecule has 1 rings (SSSR count). The quantitative estimate of drug-likeness (QED) is 0.793. The summed E-state index contributed by atoms with van der Waals surface area (Å²) in [7, 11) is 0. The molecule has 4 nitrogen and oxygen atoms in total. The Bertz CT molecular complexity index is 430. The van der Waals surface area contributed by atoms with Gasteiger partial charge in [-0.1, -0.05) is 50.1 Å². The molecule has 0 heterocycles. The van der Waals surface area contributed by atoms with E-state index in [9.17, 15) is 14.7 Å². The van der Waals surface area contributed by atoms with Crippen LogP contribution in [-0.2, 0) is 16.0 Å². The summed E-state index contributed by atoms with van der Waals surface area (Å²) in [5, 5.41) is 11.9. The lowest BCUT2D eigenvalue weighted by molar-refractivity contribution is -0.147. The Hall–Kier alpha value is -1.84. The smallest absolute Gasteiger partial charge is 0.329 e. The lowest BCUT2D eigenvalue weighted by atomic mass is 9.94. The fraction of sp³-hybridized carbons (Fsp3) is 0.467. The zero-order valence-electron chi connectivity index (χ0n) is 11.5. The number of rotatable bonds is 7. The van der Waals surface area contributed by atoms with Gasteiger partial charge in [-0.05, 0) is 18.9 Å². The summed E-state index contributed by atoms with van der Waals surface area (Å²) in [6, 6.07) is 9.30. The minimum Gasteiger partial charge on any atom is -0.480 e. The average molecular weight is 263 g/mol.